The molecule has 0 N–H and O–H groups in total. The molecule has 0 spiro atoms. The molecule has 1 aliphatic heterocycles. The summed E-state index contributed by atoms with van der Waals surface area (Å²) in [5, 5.41) is 0. The molecule has 0 unspecified atom stereocenters. The van der Waals surface area contributed by atoms with Gasteiger partial charge in [0.25, 0.3) is 0 Å². The van der Waals surface area contributed by atoms with E-state index in [1.54, 1.807) is 0 Å². The van der Waals surface area contributed by atoms with E-state index in [4.69, 9.17) is 9.47 Å². The van der Waals surface area contributed by atoms with Crippen LogP contribution in [0.4, 0.5) is 0 Å². The van der Waals surface area contributed by atoms with Crippen molar-refractivity contribution in [1.82, 2.24) is 0 Å². The number of ether oxygens (including phenoxy) is 2. The highest BCUT2D eigenvalue weighted by Gasteiger charge is 2.76. The largest absolute Gasteiger partial charge is 0.459 e. The van der Waals surface area contributed by atoms with E-state index >= 15 is 0 Å². The SMILES string of the molecule is CC1(C)[C@@]2(C)CC[C@]1(C(=O)O[C@@H]1C[C@@H](c3ccccc3)[C@H]3C[C@@H]1[C@H](c1ccccc1)CC3=O)OC2=O. The van der Waals surface area contributed by atoms with E-state index in [9.17, 15) is 14.4 Å². The van der Waals surface area contributed by atoms with E-state index in [-0.39, 0.29) is 35.7 Å². The average molecular weight is 487 g/mol. The van der Waals surface area contributed by atoms with Crippen LogP contribution in [0, 0.1) is 22.7 Å². The molecule has 36 heavy (non-hydrogen) atoms. The summed E-state index contributed by atoms with van der Waals surface area (Å²) < 4.78 is 12.3. The maximum atomic E-state index is 13.9. The van der Waals surface area contributed by atoms with Gasteiger partial charge in [0.1, 0.15) is 11.9 Å². The summed E-state index contributed by atoms with van der Waals surface area (Å²) in [6.07, 6.45) is 2.52. The van der Waals surface area contributed by atoms with Gasteiger partial charge < -0.3 is 9.47 Å². The van der Waals surface area contributed by atoms with Crippen LogP contribution < -0.4 is 0 Å². The molecule has 2 aromatic carbocycles. The zero-order chi connectivity index (χ0) is 25.3. The van der Waals surface area contributed by atoms with Crippen molar-refractivity contribution in [3.63, 3.8) is 0 Å². The van der Waals surface area contributed by atoms with Crippen molar-refractivity contribution >= 4 is 17.7 Å². The summed E-state index contributed by atoms with van der Waals surface area (Å²) >= 11 is 0. The molecular formula is C31H34O5. The molecule has 0 radical (unpaired) electrons. The van der Waals surface area contributed by atoms with Gasteiger partial charge in [-0.2, -0.15) is 0 Å². The summed E-state index contributed by atoms with van der Waals surface area (Å²) in [6.45, 7) is 5.83. The Balaban J connectivity index is 1.35. The quantitative estimate of drug-likeness (QED) is 0.527. The van der Waals surface area contributed by atoms with E-state index in [0.717, 1.165) is 11.1 Å². The Labute approximate surface area is 212 Å². The first-order valence-electron chi connectivity index (χ1n) is 13.2. The van der Waals surface area contributed by atoms with Crippen LogP contribution in [0.25, 0.3) is 0 Å². The van der Waals surface area contributed by atoms with Crippen LogP contribution in [0.1, 0.15) is 75.8 Å². The fraction of sp³-hybridized carbons (Fsp3) is 0.516. The summed E-state index contributed by atoms with van der Waals surface area (Å²) in [5.41, 5.74) is -0.337. The van der Waals surface area contributed by atoms with Crippen LogP contribution in [-0.2, 0) is 23.9 Å². The maximum absolute atomic E-state index is 13.9. The lowest BCUT2D eigenvalue weighted by Crippen LogP contribution is -2.53. The van der Waals surface area contributed by atoms with Gasteiger partial charge in [0.2, 0.25) is 5.60 Å². The highest BCUT2D eigenvalue weighted by molar-refractivity contribution is 5.93. The Morgan fingerprint density at radius 3 is 2.00 bits per heavy atom. The van der Waals surface area contributed by atoms with E-state index < -0.39 is 22.4 Å². The number of fused-ring (bicyclic) bond motifs is 4. The monoisotopic (exact) mass is 486 g/mol. The molecule has 1 heterocycles. The topological polar surface area (TPSA) is 69.7 Å². The number of esters is 2. The molecule has 1 saturated heterocycles. The number of benzene rings is 2. The zero-order valence-electron chi connectivity index (χ0n) is 21.2. The molecule has 5 heteroatoms. The summed E-state index contributed by atoms with van der Waals surface area (Å²) in [4.78, 5) is 40.1. The van der Waals surface area contributed by atoms with Gasteiger partial charge in [0.15, 0.2) is 0 Å². The molecule has 3 aliphatic carbocycles. The van der Waals surface area contributed by atoms with Crippen LogP contribution in [0.2, 0.25) is 0 Å². The van der Waals surface area contributed by atoms with Gasteiger partial charge in [-0.05, 0) is 55.6 Å². The lowest BCUT2D eigenvalue weighted by Gasteiger charge is -2.48. The van der Waals surface area contributed by atoms with Crippen molar-refractivity contribution in [2.75, 3.05) is 0 Å². The number of hydrogen-bond donors (Lipinski definition) is 0. The van der Waals surface area contributed by atoms with Crippen molar-refractivity contribution in [1.29, 1.82) is 0 Å². The standard InChI is InChI=1S/C31H34O5/c1-29(2)30(3)14-15-31(29,36-27(30)33)28(34)35-26-18-22(20-12-8-5-9-13-20)23-16-24(26)21(17-25(23)32)19-10-6-4-7-11-19/h4-13,21-24,26H,14-18H2,1-3H3/t21-,22-,23+,24+,26+,30-,31+/m0/s1. The van der Waals surface area contributed by atoms with Crippen LogP contribution >= 0.6 is 0 Å². The number of Topliss-reactive ketones (excluding diaryl/α,β-unsaturated/α-hetero) is 1. The first-order valence-corrected chi connectivity index (χ1v) is 13.2. The minimum absolute atomic E-state index is 0.00922. The first-order chi connectivity index (χ1) is 17.2. The van der Waals surface area contributed by atoms with E-state index in [1.165, 1.54) is 0 Å². The van der Waals surface area contributed by atoms with Crippen molar-refractivity contribution in [2.24, 2.45) is 22.7 Å². The van der Waals surface area contributed by atoms with Gasteiger partial charge in [-0.15, -0.1) is 0 Å². The number of carbonyl (C=O) groups excluding carboxylic acids is 3. The van der Waals surface area contributed by atoms with Crippen LogP contribution in [0.3, 0.4) is 0 Å². The van der Waals surface area contributed by atoms with Gasteiger partial charge >= 0.3 is 11.9 Å². The number of ketones is 1. The van der Waals surface area contributed by atoms with E-state index in [2.05, 4.69) is 24.3 Å². The van der Waals surface area contributed by atoms with E-state index in [0.29, 0.717) is 37.9 Å². The number of carbonyl (C=O) groups is 3. The van der Waals surface area contributed by atoms with Gasteiger partial charge in [0, 0.05) is 23.7 Å². The fourth-order valence-corrected chi connectivity index (χ4v) is 7.70. The van der Waals surface area contributed by atoms with Crippen molar-refractivity contribution < 1.29 is 23.9 Å². The van der Waals surface area contributed by atoms with Crippen LogP contribution in [0.5, 0.6) is 0 Å². The summed E-state index contributed by atoms with van der Waals surface area (Å²) in [6, 6.07) is 20.3. The molecular weight excluding hydrogens is 452 g/mol. The Kier molecular flexibility index (Phi) is 5.23. The third-order valence-corrected chi connectivity index (χ3v) is 10.5. The van der Waals surface area contributed by atoms with Crippen molar-refractivity contribution in [3.8, 4) is 0 Å². The van der Waals surface area contributed by atoms with Crippen LogP contribution in [-0.4, -0.2) is 29.4 Å². The predicted molar refractivity (Wildman–Crippen MR) is 134 cm³/mol. The van der Waals surface area contributed by atoms with Crippen molar-refractivity contribution in [3.05, 3.63) is 71.8 Å². The molecule has 4 bridgehead atoms. The normalized spacial score (nSPS) is 38.5. The third kappa shape index (κ3) is 3.10. The van der Waals surface area contributed by atoms with Gasteiger partial charge in [-0.1, -0.05) is 74.5 Å². The molecule has 4 fully saturated rings. The van der Waals surface area contributed by atoms with Crippen molar-refractivity contribution in [2.45, 2.75) is 76.4 Å². The van der Waals surface area contributed by atoms with Gasteiger partial charge in [0.05, 0.1) is 5.41 Å². The molecule has 3 saturated carbocycles. The second-order valence-corrected chi connectivity index (χ2v) is 12.1. The second-order valence-electron chi connectivity index (χ2n) is 12.1. The van der Waals surface area contributed by atoms with E-state index in [1.807, 2.05) is 57.2 Å². The van der Waals surface area contributed by atoms with Gasteiger partial charge in [-0.25, -0.2) is 4.79 Å². The smallest absolute Gasteiger partial charge is 0.351 e. The molecule has 6 rings (SSSR count). The second kappa shape index (κ2) is 8.03. The Hall–Kier alpha value is -2.95. The highest BCUT2D eigenvalue weighted by atomic mass is 16.6. The van der Waals surface area contributed by atoms with Gasteiger partial charge in [-0.3, -0.25) is 9.59 Å². The first kappa shape index (κ1) is 23.4. The summed E-state index contributed by atoms with van der Waals surface area (Å²) in [7, 11) is 0. The molecule has 0 aromatic heterocycles. The summed E-state index contributed by atoms with van der Waals surface area (Å²) in [5.74, 6) is -0.419. The predicted octanol–water partition coefficient (Wildman–Crippen LogP) is 5.59. The zero-order valence-corrected chi connectivity index (χ0v) is 21.2. The molecule has 2 aromatic rings. The lowest BCUT2D eigenvalue weighted by molar-refractivity contribution is -0.192. The number of rotatable bonds is 4. The molecule has 5 nitrogen and oxygen atoms in total. The Morgan fingerprint density at radius 1 is 0.833 bits per heavy atom. The Morgan fingerprint density at radius 2 is 1.44 bits per heavy atom. The molecule has 188 valence electrons. The minimum atomic E-state index is -1.25. The molecule has 4 aliphatic rings. The maximum Gasteiger partial charge on any atom is 0.351 e. The molecule has 0 amide bonds. The fourth-order valence-electron chi connectivity index (χ4n) is 7.70. The lowest BCUT2D eigenvalue weighted by atomic mass is 9.58. The molecule has 7 atom stereocenters. The highest BCUT2D eigenvalue weighted by Crippen LogP contribution is 2.66. The minimum Gasteiger partial charge on any atom is -0.459 e. The van der Waals surface area contributed by atoms with Crippen LogP contribution in [0.15, 0.2) is 60.7 Å². The average Bonchev–Trinajstić information content (AvgIpc) is 3.18. The Bertz CT molecular complexity index is 1170. The number of hydrogen-bond acceptors (Lipinski definition) is 5. The third-order valence-electron chi connectivity index (χ3n) is 10.5.